The predicted molar refractivity (Wildman–Crippen MR) is 134 cm³/mol. The molecule has 3 rings (SSSR count). The van der Waals surface area contributed by atoms with Crippen LogP contribution in [0.3, 0.4) is 0 Å². The summed E-state index contributed by atoms with van der Waals surface area (Å²) in [6.07, 6.45) is 2.21. The molecule has 0 aromatic heterocycles. The lowest BCUT2D eigenvalue weighted by atomic mass is 9.79. The van der Waals surface area contributed by atoms with Gasteiger partial charge in [0.2, 0.25) is 11.8 Å². The summed E-state index contributed by atoms with van der Waals surface area (Å²) >= 11 is 0. The molecule has 39 heavy (non-hydrogen) atoms. The Balaban J connectivity index is 0.000000673. The van der Waals surface area contributed by atoms with E-state index in [0.717, 1.165) is 19.3 Å². The minimum absolute atomic E-state index is 0.0113. The minimum atomic E-state index is -5.08. The quantitative estimate of drug-likeness (QED) is 0.336. The lowest BCUT2D eigenvalue weighted by Gasteiger charge is -2.30. The molecule has 5 atom stereocenters. The number of benzene rings is 1. The number of halogens is 4. The number of fused-ring (bicyclic) bond motifs is 1. The number of terminal acetylenes is 1. The molecule has 8 nitrogen and oxygen atoms in total. The third-order valence-electron chi connectivity index (χ3n) is 6.85. The number of likely N-dealkylation sites (tertiary alicyclic amines) is 1. The van der Waals surface area contributed by atoms with E-state index in [-0.39, 0.29) is 43.4 Å². The van der Waals surface area contributed by atoms with Gasteiger partial charge in [-0.25, -0.2) is 9.18 Å². The number of hydrogen-bond donors (Lipinski definition) is 3. The molecule has 2 amide bonds. The molecule has 1 saturated heterocycles. The number of carboxylic acids is 1. The lowest BCUT2D eigenvalue weighted by Crippen LogP contribution is -2.54. The van der Waals surface area contributed by atoms with Crippen LogP contribution in [-0.4, -0.2) is 77.6 Å². The first-order valence-corrected chi connectivity index (χ1v) is 12.6. The Hall–Kier alpha value is -3.46. The molecule has 1 aliphatic heterocycles. The maximum atomic E-state index is 14.4. The Kier molecular flexibility index (Phi) is 11.5. The van der Waals surface area contributed by atoms with Crippen LogP contribution in [0.1, 0.15) is 56.1 Å². The summed E-state index contributed by atoms with van der Waals surface area (Å²) in [6.45, 7) is 1.50. The number of nitrogens with one attached hydrogen (secondary N) is 2. The highest BCUT2D eigenvalue weighted by Gasteiger charge is 2.42. The maximum absolute atomic E-state index is 14.4. The van der Waals surface area contributed by atoms with Crippen LogP contribution in [0.15, 0.2) is 24.3 Å². The van der Waals surface area contributed by atoms with Crippen molar-refractivity contribution >= 4 is 23.6 Å². The van der Waals surface area contributed by atoms with Crippen LogP contribution in [0, 0.1) is 12.3 Å². The fourth-order valence-electron chi connectivity index (χ4n) is 4.72. The molecule has 0 bridgehead atoms. The molecule has 1 aromatic rings. The Morgan fingerprint density at radius 3 is 2.46 bits per heavy atom. The van der Waals surface area contributed by atoms with Crippen molar-refractivity contribution < 1.29 is 41.8 Å². The van der Waals surface area contributed by atoms with Crippen LogP contribution in [-0.2, 0) is 25.6 Å². The molecule has 1 heterocycles. The van der Waals surface area contributed by atoms with Gasteiger partial charge in [-0.3, -0.25) is 14.4 Å². The van der Waals surface area contributed by atoms with E-state index in [1.807, 2.05) is 12.1 Å². The summed E-state index contributed by atoms with van der Waals surface area (Å²) in [6, 6.07) is 5.80. The highest BCUT2D eigenvalue weighted by atomic mass is 19.4. The van der Waals surface area contributed by atoms with Crippen molar-refractivity contribution in [2.24, 2.45) is 0 Å². The van der Waals surface area contributed by atoms with Gasteiger partial charge in [0, 0.05) is 19.3 Å². The number of carbonyl (C=O) groups is 4. The topological polar surface area (TPSA) is 116 Å². The van der Waals surface area contributed by atoms with Crippen molar-refractivity contribution in [3.63, 3.8) is 0 Å². The molecule has 0 saturated carbocycles. The van der Waals surface area contributed by atoms with E-state index in [2.05, 4.69) is 28.7 Å². The van der Waals surface area contributed by atoms with Crippen LogP contribution >= 0.6 is 0 Å². The van der Waals surface area contributed by atoms with Crippen LogP contribution in [0.25, 0.3) is 0 Å². The van der Waals surface area contributed by atoms with Gasteiger partial charge in [-0.15, -0.1) is 12.3 Å². The van der Waals surface area contributed by atoms with Crippen molar-refractivity contribution in [3.05, 3.63) is 35.4 Å². The molecule has 2 aliphatic rings. The predicted octanol–water partition coefficient (Wildman–Crippen LogP) is 2.75. The molecule has 1 aliphatic carbocycles. The molecule has 1 aromatic carbocycles. The van der Waals surface area contributed by atoms with Gasteiger partial charge in [-0.2, -0.15) is 13.2 Å². The summed E-state index contributed by atoms with van der Waals surface area (Å²) in [5.74, 6) is -1.27. The fraction of sp³-hybridized carbons (Fsp3) is 0.556. The number of Topliss-reactive ketones (excluding diaryl/α,β-unsaturated/α-hetero) is 1. The molecular weight excluding hydrogens is 522 g/mol. The van der Waals surface area contributed by atoms with E-state index in [1.54, 1.807) is 14.0 Å². The average Bonchev–Trinajstić information content (AvgIpc) is 3.29. The second-order valence-electron chi connectivity index (χ2n) is 9.58. The Bertz CT molecular complexity index is 1090. The number of alkyl halides is 4. The van der Waals surface area contributed by atoms with Crippen LogP contribution in [0.2, 0.25) is 0 Å². The van der Waals surface area contributed by atoms with Gasteiger partial charge in [-0.05, 0) is 50.3 Å². The number of aryl methyl sites for hydroxylation is 1. The Morgan fingerprint density at radius 1 is 1.23 bits per heavy atom. The summed E-state index contributed by atoms with van der Waals surface area (Å²) < 4.78 is 46.1. The number of carboxylic acid groups (broad SMARTS) is 1. The summed E-state index contributed by atoms with van der Waals surface area (Å²) in [5.41, 5.74) is 2.44. The van der Waals surface area contributed by atoms with E-state index in [4.69, 9.17) is 16.3 Å². The minimum Gasteiger partial charge on any atom is -0.475 e. The normalized spacial score (nSPS) is 21.9. The second kappa shape index (κ2) is 14.1. The number of likely N-dealkylation sites (N-methyl/N-ethyl adjacent to an activating group) is 1. The zero-order valence-electron chi connectivity index (χ0n) is 21.8. The molecular formula is C27H33F4N3O5. The molecule has 3 N–H and O–H groups in total. The van der Waals surface area contributed by atoms with Crippen LogP contribution in [0.4, 0.5) is 17.6 Å². The first-order valence-electron chi connectivity index (χ1n) is 12.6. The summed E-state index contributed by atoms with van der Waals surface area (Å²) in [7, 11) is 1.63. The number of rotatable bonds is 8. The average molecular weight is 556 g/mol. The van der Waals surface area contributed by atoms with Crippen molar-refractivity contribution in [1.29, 1.82) is 0 Å². The van der Waals surface area contributed by atoms with E-state index in [9.17, 15) is 31.9 Å². The Morgan fingerprint density at radius 2 is 1.87 bits per heavy atom. The first kappa shape index (κ1) is 31.8. The van der Waals surface area contributed by atoms with Gasteiger partial charge < -0.3 is 20.6 Å². The highest BCUT2D eigenvalue weighted by Crippen LogP contribution is 2.35. The number of hydrogen-bond acceptors (Lipinski definition) is 5. The van der Waals surface area contributed by atoms with Gasteiger partial charge in [-0.1, -0.05) is 24.3 Å². The summed E-state index contributed by atoms with van der Waals surface area (Å²) in [5, 5.41) is 12.6. The molecule has 0 spiro atoms. The zero-order valence-corrected chi connectivity index (χ0v) is 21.8. The number of nitrogens with zero attached hydrogens (tertiary/aromatic N) is 1. The van der Waals surface area contributed by atoms with Gasteiger partial charge in [0.25, 0.3) is 0 Å². The number of amides is 2. The third kappa shape index (κ3) is 8.78. The lowest BCUT2D eigenvalue weighted by molar-refractivity contribution is -0.192. The molecule has 214 valence electrons. The van der Waals surface area contributed by atoms with Gasteiger partial charge in [0.1, 0.15) is 12.2 Å². The van der Waals surface area contributed by atoms with E-state index >= 15 is 0 Å². The standard InChI is InChI=1S/C25H32FN3O3.C2HF3O2/c1-4-8-21(28-24(31)16(2)27-3)25(32)29-15-19(26)14-22(29)23(30)13-18-11-7-10-17-9-5-6-12-20(17)18;3-2(4,5)1(6)7/h1,5-6,9,12,16,18-19,21-22,27H,7-8,10-11,13-15H2,2-3H3,(H,28,31);(H,6,7)/t16-,18-,19+,21-,22-;/m0./s1. The number of aliphatic carboxylic acids is 1. The maximum Gasteiger partial charge on any atom is 0.490 e. The number of ketones is 1. The van der Waals surface area contributed by atoms with Gasteiger partial charge in [0.15, 0.2) is 5.78 Å². The van der Waals surface area contributed by atoms with E-state index < -0.39 is 42.3 Å². The second-order valence-corrected chi connectivity index (χ2v) is 9.58. The molecule has 12 heteroatoms. The van der Waals surface area contributed by atoms with Crippen molar-refractivity contribution in [3.8, 4) is 12.3 Å². The largest absolute Gasteiger partial charge is 0.490 e. The third-order valence-corrected chi connectivity index (χ3v) is 6.85. The van der Waals surface area contributed by atoms with Gasteiger partial charge >= 0.3 is 12.1 Å². The van der Waals surface area contributed by atoms with E-state index in [1.165, 1.54) is 16.0 Å². The van der Waals surface area contributed by atoms with Crippen molar-refractivity contribution in [1.82, 2.24) is 15.5 Å². The smallest absolute Gasteiger partial charge is 0.475 e. The fourth-order valence-corrected chi connectivity index (χ4v) is 4.72. The number of carbonyl (C=O) groups excluding carboxylic acids is 3. The molecule has 1 fully saturated rings. The van der Waals surface area contributed by atoms with E-state index in [0.29, 0.717) is 0 Å². The zero-order chi connectivity index (χ0) is 29.3. The monoisotopic (exact) mass is 555 g/mol. The summed E-state index contributed by atoms with van der Waals surface area (Å²) in [4.78, 5) is 48.9. The van der Waals surface area contributed by atoms with Crippen LogP contribution < -0.4 is 10.6 Å². The Labute approximate surface area is 224 Å². The SMILES string of the molecule is C#CC[C@H](NC(=O)[C@H](C)NC)C(=O)N1C[C@H](F)C[C@H]1C(=O)C[C@@H]1CCCc2ccccc21.O=C(O)C(F)(F)F. The highest BCUT2D eigenvalue weighted by molar-refractivity contribution is 5.94. The van der Waals surface area contributed by atoms with Crippen LogP contribution in [0.5, 0.6) is 0 Å². The van der Waals surface area contributed by atoms with Gasteiger partial charge in [0.05, 0.1) is 18.6 Å². The molecule has 0 unspecified atom stereocenters. The first-order chi connectivity index (χ1) is 18.3. The molecule has 0 radical (unpaired) electrons. The van der Waals surface area contributed by atoms with Crippen molar-refractivity contribution in [2.75, 3.05) is 13.6 Å². The van der Waals surface area contributed by atoms with Crippen molar-refractivity contribution in [2.45, 2.75) is 81.8 Å².